The van der Waals surface area contributed by atoms with Crippen molar-refractivity contribution in [3.63, 3.8) is 0 Å². The number of hydrogen-bond donors (Lipinski definition) is 2. The fourth-order valence-electron chi connectivity index (χ4n) is 2.41. The summed E-state index contributed by atoms with van der Waals surface area (Å²) >= 11 is 0. The van der Waals surface area contributed by atoms with Crippen molar-refractivity contribution in [2.24, 2.45) is 5.14 Å². The van der Waals surface area contributed by atoms with Crippen LogP contribution < -0.4 is 15.2 Å². The second-order valence-corrected chi connectivity index (χ2v) is 6.92. The molecular formula is C16H19N3O5S. The monoisotopic (exact) mass is 365 g/mol. The summed E-state index contributed by atoms with van der Waals surface area (Å²) in [5.41, 5.74) is 0.798. The zero-order valence-corrected chi connectivity index (χ0v) is 14.6. The highest BCUT2D eigenvalue weighted by Gasteiger charge is 2.21. The lowest BCUT2D eigenvalue weighted by Crippen LogP contribution is -2.14. The van der Waals surface area contributed by atoms with Crippen LogP contribution >= 0.6 is 0 Å². The minimum atomic E-state index is -4.02. The molecule has 0 aromatic heterocycles. The first-order valence-electron chi connectivity index (χ1n) is 7.48. The van der Waals surface area contributed by atoms with E-state index in [0.717, 1.165) is 11.6 Å². The first-order valence-corrected chi connectivity index (χ1v) is 9.02. The number of sulfonamides is 1. The van der Waals surface area contributed by atoms with E-state index in [0.29, 0.717) is 12.2 Å². The number of nitro benzene ring substituents is 1. The van der Waals surface area contributed by atoms with E-state index in [1.165, 1.54) is 12.1 Å². The Balaban J connectivity index is 2.37. The van der Waals surface area contributed by atoms with Gasteiger partial charge in [-0.05, 0) is 36.2 Å². The van der Waals surface area contributed by atoms with Gasteiger partial charge in [-0.1, -0.05) is 19.1 Å². The van der Waals surface area contributed by atoms with E-state index < -0.39 is 14.9 Å². The highest BCUT2D eigenvalue weighted by Crippen LogP contribution is 2.32. The summed E-state index contributed by atoms with van der Waals surface area (Å²) in [5.74, 6) is 0.710. The molecule has 25 heavy (non-hydrogen) atoms. The van der Waals surface area contributed by atoms with Gasteiger partial charge in [0.25, 0.3) is 5.69 Å². The largest absolute Gasteiger partial charge is 0.497 e. The number of anilines is 1. The molecule has 0 aliphatic heterocycles. The first kappa shape index (κ1) is 18.7. The van der Waals surface area contributed by atoms with Crippen LogP contribution in [-0.2, 0) is 10.0 Å². The Hall–Kier alpha value is -2.65. The predicted molar refractivity (Wildman–Crippen MR) is 94.1 cm³/mol. The van der Waals surface area contributed by atoms with Crippen LogP contribution in [0.2, 0.25) is 0 Å². The summed E-state index contributed by atoms with van der Waals surface area (Å²) in [6.45, 7) is 1.94. The van der Waals surface area contributed by atoms with Gasteiger partial charge in [0.1, 0.15) is 11.4 Å². The van der Waals surface area contributed by atoms with Crippen molar-refractivity contribution < 1.29 is 18.1 Å². The van der Waals surface area contributed by atoms with Gasteiger partial charge in [0.15, 0.2) is 0 Å². The number of rotatable bonds is 7. The summed E-state index contributed by atoms with van der Waals surface area (Å²) < 4.78 is 27.9. The quantitative estimate of drug-likeness (QED) is 0.574. The normalized spacial score (nSPS) is 12.4. The molecule has 0 unspecified atom stereocenters. The highest BCUT2D eigenvalue weighted by molar-refractivity contribution is 7.89. The van der Waals surface area contributed by atoms with Crippen molar-refractivity contribution in [2.45, 2.75) is 24.3 Å². The van der Waals surface area contributed by atoms with Crippen LogP contribution in [0.4, 0.5) is 11.4 Å². The summed E-state index contributed by atoms with van der Waals surface area (Å²) in [6.07, 6.45) is 0.667. The maximum Gasteiger partial charge on any atom is 0.293 e. The zero-order chi connectivity index (χ0) is 18.6. The van der Waals surface area contributed by atoms with Crippen LogP contribution in [-0.4, -0.2) is 20.5 Å². The van der Waals surface area contributed by atoms with Gasteiger partial charge in [-0.25, -0.2) is 13.6 Å². The lowest BCUT2D eigenvalue weighted by molar-refractivity contribution is -0.384. The SMILES string of the molecule is CC[C@H](Nc1ccc(S(N)(=O)=O)cc1[N+](=O)[O-])c1ccc(OC)cc1. The molecule has 0 fully saturated rings. The van der Waals surface area contributed by atoms with E-state index >= 15 is 0 Å². The van der Waals surface area contributed by atoms with Gasteiger partial charge in [-0.15, -0.1) is 0 Å². The van der Waals surface area contributed by atoms with E-state index in [2.05, 4.69) is 5.32 Å². The topological polar surface area (TPSA) is 125 Å². The van der Waals surface area contributed by atoms with Gasteiger partial charge in [-0.2, -0.15) is 0 Å². The Labute approximate surface area is 145 Å². The number of primary sulfonamides is 1. The number of hydrogen-bond acceptors (Lipinski definition) is 6. The molecule has 0 amide bonds. The van der Waals surface area contributed by atoms with Crippen molar-refractivity contribution in [3.05, 3.63) is 58.1 Å². The maximum absolute atomic E-state index is 11.4. The molecule has 0 saturated carbocycles. The van der Waals surface area contributed by atoms with Gasteiger partial charge in [-0.3, -0.25) is 10.1 Å². The summed E-state index contributed by atoms with van der Waals surface area (Å²) in [6, 6.07) is 10.7. The lowest BCUT2D eigenvalue weighted by atomic mass is 10.0. The van der Waals surface area contributed by atoms with E-state index in [1.54, 1.807) is 19.2 Å². The molecule has 0 heterocycles. The van der Waals surface area contributed by atoms with E-state index in [-0.39, 0.29) is 22.3 Å². The molecule has 9 heteroatoms. The average molecular weight is 365 g/mol. The number of nitro groups is 1. The molecule has 134 valence electrons. The molecule has 0 bridgehead atoms. The Morgan fingerprint density at radius 1 is 1.24 bits per heavy atom. The van der Waals surface area contributed by atoms with Crippen molar-refractivity contribution >= 4 is 21.4 Å². The van der Waals surface area contributed by atoms with Crippen molar-refractivity contribution in [2.75, 3.05) is 12.4 Å². The van der Waals surface area contributed by atoms with Gasteiger partial charge in [0.2, 0.25) is 10.0 Å². The van der Waals surface area contributed by atoms with Crippen LogP contribution in [0.3, 0.4) is 0 Å². The van der Waals surface area contributed by atoms with Crippen LogP contribution in [0.25, 0.3) is 0 Å². The molecule has 0 aliphatic carbocycles. The number of nitrogens with zero attached hydrogens (tertiary/aromatic N) is 1. The molecule has 8 nitrogen and oxygen atoms in total. The minimum absolute atomic E-state index is 0.190. The third-order valence-corrected chi connectivity index (χ3v) is 4.66. The Kier molecular flexibility index (Phi) is 5.60. The molecular weight excluding hydrogens is 346 g/mol. The van der Waals surface area contributed by atoms with Gasteiger partial charge >= 0.3 is 0 Å². The Bertz CT molecular complexity index is 866. The second-order valence-electron chi connectivity index (χ2n) is 5.36. The van der Waals surface area contributed by atoms with Gasteiger partial charge < -0.3 is 10.1 Å². The van der Waals surface area contributed by atoms with Crippen molar-refractivity contribution in [1.29, 1.82) is 0 Å². The number of nitrogens with one attached hydrogen (secondary N) is 1. The molecule has 0 aliphatic rings. The Morgan fingerprint density at radius 3 is 2.36 bits per heavy atom. The third kappa shape index (κ3) is 4.46. The molecule has 0 saturated heterocycles. The average Bonchev–Trinajstić information content (AvgIpc) is 2.58. The first-order chi connectivity index (χ1) is 11.8. The van der Waals surface area contributed by atoms with Crippen molar-refractivity contribution in [1.82, 2.24) is 0 Å². The number of nitrogens with two attached hydrogens (primary N) is 1. The summed E-state index contributed by atoms with van der Waals surface area (Å²) in [5, 5.41) is 19.4. The molecule has 1 atom stereocenters. The lowest BCUT2D eigenvalue weighted by Gasteiger charge is -2.19. The van der Waals surface area contributed by atoms with Crippen LogP contribution in [0.15, 0.2) is 47.4 Å². The molecule has 3 N–H and O–H groups in total. The van der Waals surface area contributed by atoms with E-state index in [4.69, 9.17) is 9.88 Å². The molecule has 0 spiro atoms. The standard InChI is InChI=1S/C16H19N3O5S/c1-3-14(11-4-6-12(24-2)7-5-11)18-15-9-8-13(25(17,22)23)10-16(15)19(20)21/h4-10,14,18H,3H2,1-2H3,(H2,17,22,23)/t14-/m0/s1. The third-order valence-electron chi connectivity index (χ3n) is 3.75. The maximum atomic E-state index is 11.4. The predicted octanol–water partition coefficient (Wildman–Crippen LogP) is 2.81. The van der Waals surface area contributed by atoms with E-state index in [1.807, 2.05) is 19.1 Å². The van der Waals surface area contributed by atoms with Gasteiger partial charge in [0.05, 0.1) is 23.0 Å². The smallest absolute Gasteiger partial charge is 0.293 e. The molecule has 2 rings (SSSR count). The number of benzene rings is 2. The Morgan fingerprint density at radius 2 is 1.88 bits per heavy atom. The van der Waals surface area contributed by atoms with Crippen molar-refractivity contribution in [3.8, 4) is 5.75 Å². The summed E-state index contributed by atoms with van der Waals surface area (Å²) in [4.78, 5) is 10.4. The zero-order valence-electron chi connectivity index (χ0n) is 13.8. The molecule has 2 aromatic carbocycles. The second kappa shape index (κ2) is 7.49. The highest BCUT2D eigenvalue weighted by atomic mass is 32.2. The minimum Gasteiger partial charge on any atom is -0.497 e. The van der Waals surface area contributed by atoms with Crippen LogP contribution in [0.1, 0.15) is 24.9 Å². The molecule has 2 aromatic rings. The summed E-state index contributed by atoms with van der Waals surface area (Å²) in [7, 11) is -2.45. The van der Waals surface area contributed by atoms with E-state index in [9.17, 15) is 18.5 Å². The number of ether oxygens (including phenoxy) is 1. The van der Waals surface area contributed by atoms with Gasteiger partial charge in [0, 0.05) is 6.07 Å². The van der Waals surface area contributed by atoms with Crippen LogP contribution in [0.5, 0.6) is 5.75 Å². The fourth-order valence-corrected chi connectivity index (χ4v) is 2.94. The van der Waals surface area contributed by atoms with Crippen LogP contribution in [0, 0.1) is 10.1 Å². The fraction of sp³-hybridized carbons (Fsp3) is 0.250. The molecule has 0 radical (unpaired) electrons. The number of methoxy groups -OCH3 is 1.